The second-order valence-electron chi connectivity index (χ2n) is 31.8. The molecular formula is C112H118F2N10O14. The Labute approximate surface area is 806 Å². The molecule has 2 atom stereocenters. The summed E-state index contributed by atoms with van der Waals surface area (Å²) in [7, 11) is 8.20. The number of carbonyl (C=O) groups excluding carboxylic acids is 2. The number of para-hydroxylation sites is 5. The fourth-order valence-electron chi connectivity index (χ4n) is 16.8. The lowest BCUT2D eigenvalue weighted by Gasteiger charge is -2.24. The van der Waals surface area contributed by atoms with Gasteiger partial charge in [0, 0.05) is 112 Å². The molecule has 0 saturated carbocycles. The number of methoxy groups -OCH3 is 5. The number of halogens is 2. The molecule has 0 spiro atoms. The molecule has 138 heavy (non-hydrogen) atoms. The van der Waals surface area contributed by atoms with Crippen LogP contribution in [-0.2, 0) is 54.0 Å². The van der Waals surface area contributed by atoms with Crippen LogP contribution in [-0.4, -0.2) is 102 Å². The number of fused-ring (bicyclic) bond motifs is 5. The number of aromatic nitrogens is 10. The van der Waals surface area contributed by atoms with Crippen molar-refractivity contribution in [1.82, 2.24) is 49.8 Å². The third-order valence-corrected chi connectivity index (χ3v) is 23.1. The van der Waals surface area contributed by atoms with Gasteiger partial charge in [0.15, 0.2) is 5.78 Å². The number of alkyl halides is 2. The molecule has 0 fully saturated rings. The highest BCUT2D eigenvalue weighted by molar-refractivity contribution is 5.96. The summed E-state index contributed by atoms with van der Waals surface area (Å²) in [5.74, 6) is 5.97. The maximum atomic E-state index is 14.0. The van der Waals surface area contributed by atoms with Crippen molar-refractivity contribution in [3.05, 3.63) is 331 Å². The zero-order chi connectivity index (χ0) is 92.0. The highest BCUT2D eigenvalue weighted by Crippen LogP contribution is 2.46. The third kappa shape index (κ3) is 24.8. The highest BCUT2D eigenvalue weighted by Gasteiger charge is 2.39. The van der Waals surface area contributed by atoms with Crippen LogP contribution in [0.3, 0.4) is 0 Å². The van der Waals surface area contributed by atoms with Crippen LogP contribution in [0.2, 0.25) is 0 Å². The van der Waals surface area contributed by atoms with Gasteiger partial charge in [0.2, 0.25) is 29.4 Å². The van der Waals surface area contributed by atoms with Gasteiger partial charge in [-0.3, -0.25) is 29.5 Å². The number of carbonyl (C=O) groups is 2. The second-order valence-corrected chi connectivity index (χ2v) is 31.8. The Balaban J connectivity index is 0.000000164. The predicted molar refractivity (Wildman–Crippen MR) is 532 cm³/mol. The van der Waals surface area contributed by atoms with Gasteiger partial charge in [0.1, 0.15) is 75.0 Å². The fraction of sp³-hybridized carbons (Fsp3) is 0.268. The quantitative estimate of drug-likeness (QED) is 0.0654. The Kier molecular flexibility index (Phi) is 36.7. The zero-order valence-corrected chi connectivity index (χ0v) is 74.4. The normalized spacial score (nSPS) is 14.1. The van der Waals surface area contributed by atoms with Crippen molar-refractivity contribution in [2.24, 2.45) is 0 Å². The molecule has 26 heteroatoms. The standard InChI is InChI=1S/C23H22N2O4.C21H18F2N2O2.C21H20N2O3.C21H18N2O3.C21H20N2O2.5CH4/c1-15(26)28-21-11-5-7-16-13-17(14-25-22(16)21)29-23-19(9-6-12-24-23)18-8-3-4-10-20(18)27-2;1-26-18-9-3-2-7-16(18)17-8-5-11-24-20(17)27-15-12-14-6-4-10-21(22,23)19(14)25-13-15;2*1-25-19-10-3-2-7-16(19)17-8-5-11-22-21(17)26-15-12-14-6-4-9-18(24)20(14)23-13-15;1-24-20-11-5-3-8-17(20)18-9-6-12-22-21(18)25-16-13-15-7-2-4-10-19(15)23-14-16;;;;;/h3-4,6,8-10,12-14,21H,5,7,11H2,1-2H3;2-3,5,7-9,11-13H,4,6,10H2,1H3;2-3,5,7-8,10-13,18,24H,4,6,9H2,1H3;2-3,5,7-8,10-13H,4,6,9H2,1H3;3,5-6,8-9,11-14H,2,4,7,10H2,1H3;5*1H4. The van der Waals surface area contributed by atoms with Crippen LogP contribution in [0.5, 0.6) is 86.9 Å². The van der Waals surface area contributed by atoms with Crippen LogP contribution >= 0.6 is 0 Å². The number of Topliss-reactive ketones (excluding diaryl/α,β-unsaturated/α-hetero) is 1. The Bertz CT molecular complexity index is 6630. The molecule has 5 aliphatic rings. The number of hydrogen-bond donors (Lipinski definition) is 1. The monoisotopic (exact) mass is 1860 g/mol. The van der Waals surface area contributed by atoms with E-state index in [1.165, 1.54) is 37.2 Å². The van der Waals surface area contributed by atoms with E-state index in [2.05, 4.69) is 55.9 Å². The number of esters is 1. The number of benzene rings is 5. The van der Waals surface area contributed by atoms with E-state index in [-0.39, 0.29) is 67.1 Å². The summed E-state index contributed by atoms with van der Waals surface area (Å²) in [6.45, 7) is 1.42. The number of aliphatic hydroxyl groups is 1. The minimum Gasteiger partial charge on any atom is -0.496 e. The molecule has 1 N–H and O–H groups in total. The largest absolute Gasteiger partial charge is 0.496 e. The molecule has 5 aliphatic carbocycles. The lowest BCUT2D eigenvalue weighted by Crippen LogP contribution is -2.22. The van der Waals surface area contributed by atoms with Crippen molar-refractivity contribution < 1.29 is 75.6 Å². The van der Waals surface area contributed by atoms with E-state index in [1.807, 2.05) is 194 Å². The topological polar surface area (TPSA) is 285 Å². The lowest BCUT2D eigenvalue weighted by atomic mass is 9.93. The molecule has 10 aromatic heterocycles. The van der Waals surface area contributed by atoms with Gasteiger partial charge in [0.05, 0.1) is 84.0 Å². The molecule has 714 valence electrons. The molecule has 0 saturated heterocycles. The predicted octanol–water partition coefficient (Wildman–Crippen LogP) is 27.0. The van der Waals surface area contributed by atoms with Gasteiger partial charge in [-0.25, -0.2) is 29.9 Å². The van der Waals surface area contributed by atoms with E-state index < -0.39 is 12.0 Å². The van der Waals surface area contributed by atoms with E-state index in [0.717, 1.165) is 177 Å². The lowest BCUT2D eigenvalue weighted by molar-refractivity contribution is -0.147. The number of pyridine rings is 10. The SMILES string of the molecule is C.C.C.C.C.COc1ccccc1-c1cccnc1Oc1cnc2c(c1)CCCC2.COc1ccccc1-c1cccnc1Oc1cnc2c(c1)CCCC2(F)F.COc1ccccc1-c1cccnc1Oc1cnc2c(c1)CCCC2=O.COc1ccccc1-c1cccnc1Oc1cnc2c(c1)CCCC2O.COc1ccccc1-c1cccnc1Oc1cnc2c(c1)CCCC2OC(C)=O. The van der Waals surface area contributed by atoms with Gasteiger partial charge in [-0.2, -0.15) is 8.78 Å². The summed E-state index contributed by atoms with van der Waals surface area (Å²) < 4.78 is 90.9. The Hall–Kier alpha value is -15.4. The minimum absolute atomic E-state index is 0. The maximum Gasteiger partial charge on any atom is 0.303 e. The van der Waals surface area contributed by atoms with Gasteiger partial charge in [-0.1, -0.05) is 128 Å². The summed E-state index contributed by atoms with van der Waals surface area (Å²) >= 11 is 0. The molecule has 0 amide bonds. The average molecular weight is 1870 g/mol. The highest BCUT2D eigenvalue weighted by atomic mass is 19.3. The summed E-state index contributed by atoms with van der Waals surface area (Å²) in [6, 6.07) is 67.2. The van der Waals surface area contributed by atoms with Crippen molar-refractivity contribution in [2.75, 3.05) is 35.5 Å². The van der Waals surface area contributed by atoms with E-state index in [0.29, 0.717) is 88.7 Å². The Morgan fingerprint density at radius 1 is 0.333 bits per heavy atom. The summed E-state index contributed by atoms with van der Waals surface area (Å²) in [6.07, 6.45) is 28.6. The Morgan fingerprint density at radius 3 is 1.07 bits per heavy atom. The number of ketones is 1. The van der Waals surface area contributed by atoms with Crippen molar-refractivity contribution in [1.29, 1.82) is 0 Å². The van der Waals surface area contributed by atoms with Gasteiger partial charge in [-0.15, -0.1) is 0 Å². The van der Waals surface area contributed by atoms with Crippen LogP contribution in [0.1, 0.15) is 182 Å². The van der Waals surface area contributed by atoms with Crippen molar-refractivity contribution >= 4 is 11.8 Å². The molecule has 2 unspecified atom stereocenters. The van der Waals surface area contributed by atoms with Gasteiger partial charge in [-0.05, 0) is 239 Å². The van der Waals surface area contributed by atoms with Gasteiger partial charge < -0.3 is 57.2 Å². The van der Waals surface area contributed by atoms with Gasteiger partial charge in [0.25, 0.3) is 5.92 Å². The summed E-state index contributed by atoms with van der Waals surface area (Å²) in [5.41, 5.74) is 16.7. The molecule has 0 radical (unpaired) electrons. The first-order valence-electron chi connectivity index (χ1n) is 44.1. The number of aryl methyl sites for hydroxylation is 6. The molecule has 5 aromatic carbocycles. The molecule has 24 nitrogen and oxygen atoms in total. The second kappa shape index (κ2) is 49.2. The van der Waals surface area contributed by atoms with Crippen molar-refractivity contribution in [3.63, 3.8) is 0 Å². The van der Waals surface area contributed by atoms with E-state index in [1.54, 1.807) is 103 Å². The molecular weight excluding hydrogens is 1750 g/mol. The van der Waals surface area contributed by atoms with Crippen molar-refractivity contribution in [3.8, 4) is 143 Å². The summed E-state index contributed by atoms with van der Waals surface area (Å²) in [4.78, 5) is 67.0. The maximum absolute atomic E-state index is 14.0. The molecule has 20 rings (SSSR count). The van der Waals surface area contributed by atoms with Crippen LogP contribution in [0.4, 0.5) is 8.78 Å². The van der Waals surface area contributed by atoms with Crippen LogP contribution in [0, 0.1) is 0 Å². The molecule has 0 bridgehead atoms. The van der Waals surface area contributed by atoms with E-state index in [9.17, 15) is 23.5 Å². The van der Waals surface area contributed by atoms with Crippen molar-refractivity contribution in [2.45, 2.75) is 165 Å². The van der Waals surface area contributed by atoms with Crippen LogP contribution in [0.15, 0.2) is 274 Å². The van der Waals surface area contributed by atoms with E-state index >= 15 is 0 Å². The number of rotatable bonds is 21. The first-order valence-corrected chi connectivity index (χ1v) is 44.1. The van der Waals surface area contributed by atoms with Crippen LogP contribution in [0.25, 0.3) is 55.6 Å². The minimum atomic E-state index is -2.88. The fourth-order valence-corrected chi connectivity index (χ4v) is 16.8. The van der Waals surface area contributed by atoms with Gasteiger partial charge >= 0.3 is 5.97 Å². The number of aliphatic hydroxyl groups excluding tert-OH is 1. The van der Waals surface area contributed by atoms with Crippen LogP contribution < -0.4 is 47.4 Å². The molecule has 10 heterocycles. The molecule has 15 aromatic rings. The number of ether oxygens (including phenoxy) is 11. The average Bonchev–Trinajstić information content (AvgIpc) is 0.777. The molecule has 0 aliphatic heterocycles. The smallest absolute Gasteiger partial charge is 0.303 e. The zero-order valence-electron chi connectivity index (χ0n) is 74.4. The third-order valence-electron chi connectivity index (χ3n) is 23.1. The number of nitrogens with zero attached hydrogens (tertiary/aromatic N) is 10. The number of hydrogen-bond acceptors (Lipinski definition) is 24. The first-order chi connectivity index (χ1) is 65.1. The summed E-state index contributed by atoms with van der Waals surface area (Å²) in [5, 5.41) is 10.1. The first kappa shape index (κ1) is 103. The Morgan fingerprint density at radius 2 is 0.652 bits per heavy atom. The van der Waals surface area contributed by atoms with E-state index in [4.69, 9.17) is 52.1 Å².